The van der Waals surface area contributed by atoms with Crippen LogP contribution in [0, 0.1) is 11.8 Å². The van der Waals surface area contributed by atoms with Gasteiger partial charge in [0.2, 0.25) is 0 Å². The topological polar surface area (TPSA) is 24.5 Å². The number of nitrogens with zero attached hydrogens (tertiary/aromatic N) is 1. The molecule has 1 fully saturated rings. The van der Waals surface area contributed by atoms with Crippen molar-refractivity contribution in [1.29, 1.82) is 0 Å². The molecule has 0 aliphatic carbocycles. The number of hydrogen-bond acceptors (Lipinski definition) is 3. The standard InChI is InChI=1S/C23H29F3N2O/c1-17(2)20-12-13-21(18-8-4-3-5-9-18)28(15-20)27-14-19-10-6-7-11-22(19)29-16-23(24,25)26/h3-11,17,20-21,27H,12-16H2,1-2H3. The van der Waals surface area contributed by atoms with Crippen LogP contribution in [0.4, 0.5) is 13.2 Å². The van der Waals surface area contributed by atoms with E-state index in [9.17, 15) is 13.2 Å². The van der Waals surface area contributed by atoms with Crippen molar-refractivity contribution in [2.24, 2.45) is 11.8 Å². The zero-order chi connectivity index (χ0) is 20.9. The van der Waals surface area contributed by atoms with Crippen LogP contribution in [0.3, 0.4) is 0 Å². The molecular formula is C23H29F3N2O. The maximum Gasteiger partial charge on any atom is 0.422 e. The Balaban J connectivity index is 1.72. The number of halogens is 3. The summed E-state index contributed by atoms with van der Waals surface area (Å²) >= 11 is 0. The van der Waals surface area contributed by atoms with Gasteiger partial charge >= 0.3 is 6.18 Å². The summed E-state index contributed by atoms with van der Waals surface area (Å²) in [5.41, 5.74) is 5.45. The van der Waals surface area contributed by atoms with Gasteiger partial charge in [-0.05, 0) is 36.3 Å². The molecule has 0 saturated carbocycles. The predicted octanol–water partition coefficient (Wildman–Crippen LogP) is 5.74. The van der Waals surface area contributed by atoms with Gasteiger partial charge in [0.25, 0.3) is 0 Å². The van der Waals surface area contributed by atoms with E-state index in [0.717, 1.165) is 18.5 Å². The Hall–Kier alpha value is -2.05. The maximum absolute atomic E-state index is 12.6. The highest BCUT2D eigenvalue weighted by Gasteiger charge is 2.31. The van der Waals surface area contributed by atoms with Gasteiger partial charge in [-0.15, -0.1) is 0 Å². The minimum Gasteiger partial charge on any atom is -0.484 e. The molecule has 2 unspecified atom stereocenters. The fourth-order valence-corrected chi connectivity index (χ4v) is 3.88. The first-order chi connectivity index (χ1) is 13.8. The quantitative estimate of drug-likeness (QED) is 0.634. The third-order valence-corrected chi connectivity index (χ3v) is 5.58. The first kappa shape index (κ1) is 21.7. The third-order valence-electron chi connectivity index (χ3n) is 5.58. The van der Waals surface area contributed by atoms with Crippen LogP contribution in [-0.4, -0.2) is 24.3 Å². The van der Waals surface area contributed by atoms with Crippen molar-refractivity contribution in [2.45, 2.75) is 45.5 Å². The molecule has 1 saturated heterocycles. The van der Waals surface area contributed by atoms with E-state index in [4.69, 9.17) is 4.74 Å². The highest BCUT2D eigenvalue weighted by molar-refractivity contribution is 5.33. The molecule has 158 valence electrons. The fourth-order valence-electron chi connectivity index (χ4n) is 3.88. The van der Waals surface area contributed by atoms with Gasteiger partial charge in [-0.1, -0.05) is 62.4 Å². The molecule has 2 aromatic rings. The van der Waals surface area contributed by atoms with E-state index in [1.807, 2.05) is 24.3 Å². The Labute approximate surface area is 170 Å². The van der Waals surface area contributed by atoms with Crippen molar-refractivity contribution in [3.63, 3.8) is 0 Å². The van der Waals surface area contributed by atoms with Crippen molar-refractivity contribution in [3.8, 4) is 5.75 Å². The van der Waals surface area contributed by atoms with E-state index in [0.29, 0.717) is 18.4 Å². The smallest absolute Gasteiger partial charge is 0.422 e. The van der Waals surface area contributed by atoms with Gasteiger partial charge in [-0.2, -0.15) is 13.2 Å². The van der Waals surface area contributed by atoms with Crippen LogP contribution >= 0.6 is 0 Å². The lowest BCUT2D eigenvalue weighted by Crippen LogP contribution is -2.47. The van der Waals surface area contributed by atoms with Gasteiger partial charge in [-0.3, -0.25) is 5.43 Å². The Bertz CT molecular complexity index is 764. The molecule has 1 aliphatic heterocycles. The van der Waals surface area contributed by atoms with Crippen molar-refractivity contribution >= 4 is 0 Å². The number of piperidine rings is 1. The van der Waals surface area contributed by atoms with E-state index >= 15 is 0 Å². The number of hydrogen-bond donors (Lipinski definition) is 1. The summed E-state index contributed by atoms with van der Waals surface area (Å²) in [5.74, 6) is 1.43. The molecule has 6 heteroatoms. The molecule has 0 bridgehead atoms. The summed E-state index contributed by atoms with van der Waals surface area (Å²) < 4.78 is 42.7. The van der Waals surface area contributed by atoms with Gasteiger partial charge in [0.15, 0.2) is 6.61 Å². The van der Waals surface area contributed by atoms with Crippen molar-refractivity contribution in [2.75, 3.05) is 13.2 Å². The van der Waals surface area contributed by atoms with Crippen LogP contribution < -0.4 is 10.2 Å². The zero-order valence-corrected chi connectivity index (χ0v) is 17.0. The van der Waals surface area contributed by atoms with Crippen LogP contribution in [0.25, 0.3) is 0 Å². The number of rotatable bonds is 7. The molecule has 0 radical (unpaired) electrons. The summed E-state index contributed by atoms with van der Waals surface area (Å²) in [4.78, 5) is 0. The molecule has 2 atom stereocenters. The third kappa shape index (κ3) is 6.21. The Morgan fingerprint density at radius 3 is 2.41 bits per heavy atom. The molecule has 2 aromatic carbocycles. The molecule has 0 spiro atoms. The van der Waals surface area contributed by atoms with E-state index in [-0.39, 0.29) is 11.8 Å². The second-order valence-corrected chi connectivity index (χ2v) is 8.01. The van der Waals surface area contributed by atoms with Crippen LogP contribution in [0.5, 0.6) is 5.75 Å². The number of nitrogens with one attached hydrogen (secondary N) is 1. The van der Waals surface area contributed by atoms with Gasteiger partial charge in [0, 0.05) is 24.7 Å². The molecule has 1 aliphatic rings. The second-order valence-electron chi connectivity index (χ2n) is 8.01. The molecule has 3 rings (SSSR count). The summed E-state index contributed by atoms with van der Waals surface area (Å²) in [6.45, 7) is 4.53. The van der Waals surface area contributed by atoms with Crippen molar-refractivity contribution in [1.82, 2.24) is 10.4 Å². The molecule has 1 N–H and O–H groups in total. The average Bonchev–Trinajstić information content (AvgIpc) is 2.71. The van der Waals surface area contributed by atoms with E-state index in [1.165, 1.54) is 12.0 Å². The van der Waals surface area contributed by atoms with Crippen LogP contribution in [0.1, 0.15) is 43.9 Å². The van der Waals surface area contributed by atoms with Gasteiger partial charge in [-0.25, -0.2) is 5.01 Å². The summed E-state index contributed by atoms with van der Waals surface area (Å²) in [6.07, 6.45) is -2.14. The Morgan fingerprint density at radius 1 is 1.03 bits per heavy atom. The number of alkyl halides is 3. The number of benzene rings is 2. The maximum atomic E-state index is 12.6. The normalized spacial score (nSPS) is 20.8. The van der Waals surface area contributed by atoms with Gasteiger partial charge in [0.1, 0.15) is 5.75 Å². The Morgan fingerprint density at radius 2 is 1.72 bits per heavy atom. The van der Waals surface area contributed by atoms with Crippen LogP contribution in [-0.2, 0) is 6.54 Å². The average molecular weight is 406 g/mol. The van der Waals surface area contributed by atoms with Crippen LogP contribution in [0.2, 0.25) is 0 Å². The van der Waals surface area contributed by atoms with Gasteiger partial charge in [0.05, 0.1) is 0 Å². The first-order valence-electron chi connectivity index (χ1n) is 10.2. The first-order valence-corrected chi connectivity index (χ1v) is 10.2. The SMILES string of the molecule is CC(C)C1CCC(c2ccccc2)N(NCc2ccccc2OCC(F)(F)F)C1. The lowest BCUT2D eigenvalue weighted by atomic mass is 9.84. The monoisotopic (exact) mass is 406 g/mol. The van der Waals surface area contributed by atoms with Gasteiger partial charge < -0.3 is 4.74 Å². The van der Waals surface area contributed by atoms with Crippen LogP contribution in [0.15, 0.2) is 54.6 Å². The summed E-state index contributed by atoms with van der Waals surface area (Å²) in [7, 11) is 0. The largest absolute Gasteiger partial charge is 0.484 e. The molecular weight excluding hydrogens is 377 g/mol. The lowest BCUT2D eigenvalue weighted by molar-refractivity contribution is -0.153. The highest BCUT2D eigenvalue weighted by Crippen LogP contribution is 2.35. The van der Waals surface area contributed by atoms with Crippen molar-refractivity contribution in [3.05, 3.63) is 65.7 Å². The second kappa shape index (κ2) is 9.63. The molecule has 3 nitrogen and oxygen atoms in total. The van der Waals surface area contributed by atoms with E-state index in [2.05, 4.69) is 36.4 Å². The van der Waals surface area contributed by atoms with Crippen molar-refractivity contribution < 1.29 is 17.9 Å². The molecule has 1 heterocycles. The summed E-state index contributed by atoms with van der Waals surface area (Å²) in [6, 6.07) is 17.5. The van der Waals surface area contributed by atoms with E-state index in [1.54, 1.807) is 18.2 Å². The fraction of sp³-hybridized carbons (Fsp3) is 0.478. The minimum absolute atomic E-state index is 0.245. The molecule has 0 amide bonds. The predicted molar refractivity (Wildman–Crippen MR) is 108 cm³/mol. The molecule has 29 heavy (non-hydrogen) atoms. The number of ether oxygens (including phenoxy) is 1. The number of para-hydroxylation sites is 1. The highest BCUT2D eigenvalue weighted by atomic mass is 19.4. The zero-order valence-electron chi connectivity index (χ0n) is 17.0. The summed E-state index contributed by atoms with van der Waals surface area (Å²) in [5, 5.41) is 2.25. The Kier molecular flexibility index (Phi) is 7.19. The van der Waals surface area contributed by atoms with E-state index < -0.39 is 12.8 Å². The molecule has 0 aromatic heterocycles. The minimum atomic E-state index is -4.35. The number of hydrazine groups is 1. The lowest BCUT2D eigenvalue weighted by Gasteiger charge is -2.41.